The third-order valence-electron chi connectivity index (χ3n) is 7.18. The zero-order valence-corrected chi connectivity index (χ0v) is 20.2. The van der Waals surface area contributed by atoms with Gasteiger partial charge in [-0.2, -0.15) is 0 Å². The van der Waals surface area contributed by atoms with E-state index in [0.717, 1.165) is 28.2 Å². The Morgan fingerprint density at radius 3 is 2.20 bits per heavy atom. The molecule has 3 aromatic rings. The predicted octanol–water partition coefficient (Wildman–Crippen LogP) is 7.33. The van der Waals surface area contributed by atoms with Gasteiger partial charge in [0.1, 0.15) is 5.82 Å². The topological polar surface area (TPSA) is 37.4 Å². The van der Waals surface area contributed by atoms with Crippen LogP contribution in [0.2, 0.25) is 5.02 Å². The van der Waals surface area contributed by atoms with Gasteiger partial charge < -0.3 is 4.90 Å². The van der Waals surface area contributed by atoms with Crippen LogP contribution in [-0.2, 0) is 4.79 Å². The molecule has 0 saturated carbocycles. The van der Waals surface area contributed by atoms with Crippen molar-refractivity contribution in [2.24, 2.45) is 5.41 Å². The fourth-order valence-electron chi connectivity index (χ4n) is 5.77. The molecule has 6 rings (SSSR count). The lowest BCUT2D eigenvalue weighted by molar-refractivity contribution is -0.118. The number of carbonyl (C=O) groups excluding carboxylic acids is 2. The van der Waals surface area contributed by atoms with Crippen LogP contribution in [0.4, 0.5) is 10.1 Å². The first kappa shape index (κ1) is 22.0. The molecule has 174 valence electrons. The molecule has 35 heavy (non-hydrogen) atoms. The molecule has 1 unspecified atom stereocenters. The van der Waals surface area contributed by atoms with Gasteiger partial charge in [0.05, 0.1) is 5.70 Å². The summed E-state index contributed by atoms with van der Waals surface area (Å²) in [5, 5.41) is 0.595. The Morgan fingerprint density at radius 1 is 0.857 bits per heavy atom. The summed E-state index contributed by atoms with van der Waals surface area (Å²) in [5.41, 5.74) is 5.69. The van der Waals surface area contributed by atoms with Gasteiger partial charge in [-0.05, 0) is 53.8 Å². The lowest BCUT2D eigenvalue weighted by Gasteiger charge is -2.44. The number of anilines is 1. The van der Waals surface area contributed by atoms with E-state index in [9.17, 15) is 14.0 Å². The van der Waals surface area contributed by atoms with Crippen LogP contribution in [0.15, 0.2) is 89.6 Å². The van der Waals surface area contributed by atoms with Crippen molar-refractivity contribution in [3.63, 3.8) is 0 Å². The summed E-state index contributed by atoms with van der Waals surface area (Å²) < 4.78 is 13.9. The van der Waals surface area contributed by atoms with E-state index in [4.69, 9.17) is 11.6 Å². The molecule has 0 amide bonds. The average Bonchev–Trinajstić information content (AvgIpc) is 3.11. The van der Waals surface area contributed by atoms with Gasteiger partial charge in [0.2, 0.25) is 0 Å². The van der Waals surface area contributed by atoms with Crippen molar-refractivity contribution in [2.45, 2.75) is 32.6 Å². The summed E-state index contributed by atoms with van der Waals surface area (Å²) >= 11 is 6.19. The van der Waals surface area contributed by atoms with Gasteiger partial charge in [-0.1, -0.05) is 61.8 Å². The zero-order valence-electron chi connectivity index (χ0n) is 19.4. The molecule has 0 bridgehead atoms. The van der Waals surface area contributed by atoms with E-state index >= 15 is 0 Å². The maximum Gasteiger partial charge on any atom is 0.192 e. The third kappa shape index (κ3) is 3.39. The van der Waals surface area contributed by atoms with Crippen LogP contribution in [0.1, 0.15) is 54.1 Å². The van der Waals surface area contributed by atoms with Crippen molar-refractivity contribution in [3.8, 4) is 0 Å². The molecule has 0 radical (unpaired) electrons. The maximum atomic E-state index is 13.9. The van der Waals surface area contributed by atoms with Crippen molar-refractivity contribution < 1.29 is 14.0 Å². The quantitative estimate of drug-likeness (QED) is 0.383. The standard InChI is InChI=1S/C30H23ClFNO2/c1-30(2)15-23-26(24(34)16-30)25(17-7-9-18(31)10-8-17)27-28(21-5-3-4-6-22(21)29(27)35)33(23)20-13-11-19(32)12-14-20/h3-14,25H,15-16H2,1-2H3. The highest BCUT2D eigenvalue weighted by molar-refractivity contribution is 6.30. The molecule has 1 atom stereocenters. The summed E-state index contributed by atoms with van der Waals surface area (Å²) in [6.45, 7) is 4.18. The third-order valence-corrected chi connectivity index (χ3v) is 7.43. The highest BCUT2D eigenvalue weighted by Crippen LogP contribution is 2.56. The SMILES string of the molecule is CC1(C)CC(=O)C2=C(C1)N(c1ccc(F)cc1)C1=C(C(=O)c3ccccc31)C2c1ccc(Cl)cc1. The molecular weight excluding hydrogens is 461 g/mol. The second kappa shape index (κ2) is 7.76. The second-order valence-corrected chi connectivity index (χ2v) is 10.7. The number of hydrogen-bond acceptors (Lipinski definition) is 3. The lowest BCUT2D eigenvalue weighted by atomic mass is 9.68. The minimum Gasteiger partial charge on any atom is -0.313 e. The van der Waals surface area contributed by atoms with Crippen LogP contribution in [-0.4, -0.2) is 11.6 Å². The number of benzene rings is 3. The number of nitrogens with zero attached hydrogens (tertiary/aromatic N) is 1. The van der Waals surface area contributed by atoms with Gasteiger partial charge in [-0.3, -0.25) is 9.59 Å². The number of rotatable bonds is 2. The molecule has 1 heterocycles. The van der Waals surface area contributed by atoms with Crippen molar-refractivity contribution in [2.75, 3.05) is 4.90 Å². The molecule has 0 saturated heterocycles. The predicted molar refractivity (Wildman–Crippen MR) is 136 cm³/mol. The Hall–Kier alpha value is -3.50. The fourth-order valence-corrected chi connectivity index (χ4v) is 5.89. The van der Waals surface area contributed by atoms with E-state index in [0.29, 0.717) is 34.6 Å². The minimum atomic E-state index is -0.488. The van der Waals surface area contributed by atoms with Crippen LogP contribution < -0.4 is 4.90 Å². The van der Waals surface area contributed by atoms with E-state index in [1.165, 1.54) is 12.1 Å². The van der Waals surface area contributed by atoms with Crippen LogP contribution in [0.25, 0.3) is 5.70 Å². The number of fused-ring (bicyclic) bond motifs is 2. The second-order valence-electron chi connectivity index (χ2n) is 10.2. The Balaban J connectivity index is 1.69. The Morgan fingerprint density at radius 2 is 1.51 bits per heavy atom. The number of carbonyl (C=O) groups is 2. The van der Waals surface area contributed by atoms with Crippen molar-refractivity contribution in [1.29, 1.82) is 0 Å². The highest BCUT2D eigenvalue weighted by atomic mass is 35.5. The van der Waals surface area contributed by atoms with E-state index in [-0.39, 0.29) is 22.8 Å². The Bertz CT molecular complexity index is 1460. The van der Waals surface area contributed by atoms with Gasteiger partial charge >= 0.3 is 0 Å². The molecule has 0 aromatic heterocycles. The molecule has 3 aliphatic rings. The molecule has 5 heteroatoms. The highest BCUT2D eigenvalue weighted by Gasteiger charge is 2.49. The van der Waals surface area contributed by atoms with Crippen molar-refractivity contribution >= 4 is 34.6 Å². The number of Topliss-reactive ketones (excluding diaryl/α,β-unsaturated/α-hetero) is 2. The first-order chi connectivity index (χ1) is 16.7. The first-order valence-corrected chi connectivity index (χ1v) is 12.1. The minimum absolute atomic E-state index is 0.0404. The summed E-state index contributed by atoms with van der Waals surface area (Å²) in [6.07, 6.45) is 1.06. The largest absolute Gasteiger partial charge is 0.313 e. The Kier molecular flexibility index (Phi) is 4.87. The Labute approximate surface area is 208 Å². The van der Waals surface area contributed by atoms with E-state index in [2.05, 4.69) is 13.8 Å². The average molecular weight is 484 g/mol. The smallest absolute Gasteiger partial charge is 0.192 e. The van der Waals surface area contributed by atoms with Crippen molar-refractivity contribution in [1.82, 2.24) is 0 Å². The number of allylic oxidation sites excluding steroid dienone is 3. The molecule has 1 aliphatic heterocycles. The monoisotopic (exact) mass is 483 g/mol. The molecule has 0 spiro atoms. The molecule has 3 nitrogen and oxygen atoms in total. The fraction of sp³-hybridized carbons (Fsp3) is 0.200. The van der Waals surface area contributed by atoms with E-state index < -0.39 is 5.92 Å². The van der Waals surface area contributed by atoms with Crippen molar-refractivity contribution in [3.05, 3.63) is 117 Å². The number of ketones is 2. The first-order valence-electron chi connectivity index (χ1n) is 11.7. The normalized spacial score (nSPS) is 20.7. The van der Waals surface area contributed by atoms with Gasteiger partial charge in [0.25, 0.3) is 0 Å². The van der Waals surface area contributed by atoms with Gasteiger partial charge in [-0.25, -0.2) is 4.39 Å². The van der Waals surface area contributed by atoms with Crippen LogP contribution in [0, 0.1) is 11.2 Å². The van der Waals surface area contributed by atoms with Crippen LogP contribution >= 0.6 is 11.6 Å². The lowest BCUT2D eigenvalue weighted by Crippen LogP contribution is -2.39. The summed E-state index contributed by atoms with van der Waals surface area (Å²) in [4.78, 5) is 29.7. The zero-order chi connectivity index (χ0) is 24.5. The molecular formula is C30H23ClFNO2. The molecule has 0 fully saturated rings. The molecule has 0 N–H and O–H groups in total. The van der Waals surface area contributed by atoms with Gasteiger partial charge in [0.15, 0.2) is 11.6 Å². The van der Waals surface area contributed by atoms with Gasteiger partial charge in [-0.15, -0.1) is 0 Å². The number of hydrogen-bond donors (Lipinski definition) is 0. The van der Waals surface area contributed by atoms with Crippen LogP contribution in [0.3, 0.4) is 0 Å². The summed E-state index contributed by atoms with van der Waals surface area (Å²) in [6, 6.07) is 21.2. The van der Waals surface area contributed by atoms with Crippen LogP contribution in [0.5, 0.6) is 0 Å². The molecule has 2 aliphatic carbocycles. The maximum absolute atomic E-state index is 13.9. The summed E-state index contributed by atoms with van der Waals surface area (Å²) in [7, 11) is 0. The van der Waals surface area contributed by atoms with E-state index in [1.807, 2.05) is 41.3 Å². The summed E-state index contributed by atoms with van der Waals surface area (Å²) in [5.74, 6) is -0.862. The van der Waals surface area contributed by atoms with E-state index in [1.54, 1.807) is 24.3 Å². The van der Waals surface area contributed by atoms with Gasteiger partial charge in [0, 0.05) is 51.0 Å². The molecule has 3 aromatic carbocycles. The number of halogens is 2.